The number of hydrogen-bond acceptors (Lipinski definition) is 8. The summed E-state index contributed by atoms with van der Waals surface area (Å²) in [5.74, 6) is 0. The van der Waals surface area contributed by atoms with Crippen molar-refractivity contribution in [3.8, 4) is 0 Å². The molecule has 9 heteroatoms. The topological polar surface area (TPSA) is 0 Å². The fourth-order valence-electron chi connectivity index (χ4n) is 2.55. The molecule has 0 aliphatic carbocycles. The molecule has 194 valence electrons. The van der Waals surface area contributed by atoms with Crippen molar-refractivity contribution in [2.45, 2.75) is 19.6 Å². The van der Waals surface area contributed by atoms with Crippen LogP contribution in [0.4, 0.5) is 0 Å². The normalized spacial score (nSPS) is 11.7. The Kier molecular flexibility index (Phi) is 16.1. The van der Waals surface area contributed by atoms with E-state index in [9.17, 15) is 0 Å². The maximum Gasteiger partial charge on any atom is 0.0100 e. The summed E-state index contributed by atoms with van der Waals surface area (Å²) in [6, 6.07) is 40.2. The molecule has 0 fully saturated rings. The molecule has 0 unspecified atom stereocenters. The minimum absolute atomic E-state index is 0. The molecule has 0 atom stereocenters. The average molecular weight is 672 g/mol. The first kappa shape index (κ1) is 32.3. The van der Waals surface area contributed by atoms with E-state index in [-0.39, 0.29) is 16.5 Å². The fourth-order valence-corrected chi connectivity index (χ4v) is 7.07. The molecule has 0 aliphatic heterocycles. The zero-order chi connectivity index (χ0) is 25.6. The molecule has 0 radical (unpaired) electrons. The van der Waals surface area contributed by atoms with Gasteiger partial charge in [0.25, 0.3) is 0 Å². The molecule has 37 heavy (non-hydrogen) atoms. The molecule has 0 aliphatic rings. The standard InChI is InChI=1S/2C14H12S4.Ni/c2*15-13(17-11-7-3-1-4-8-11)14(16)18-12-9-5-2-6-10-12;/h2*1-10,15-16H;/p-4/b2*14-13-;. The first-order valence-corrected chi connectivity index (χ1v) is 15.5. The minimum Gasteiger partial charge on any atom is -0.774 e. The van der Waals surface area contributed by atoms with Crippen LogP contribution in [0.3, 0.4) is 0 Å². The van der Waals surface area contributed by atoms with Crippen molar-refractivity contribution in [2.24, 2.45) is 0 Å². The third-order valence-electron chi connectivity index (χ3n) is 4.15. The molecule has 0 amide bonds. The predicted molar refractivity (Wildman–Crippen MR) is 173 cm³/mol. The SMILES string of the molecule is [Ni].[S-]/C(Sc1ccccc1)=C(\[S-])Sc1ccccc1.[S-]/C(Sc1ccccc1)=C(\[S-])Sc1ccccc1. The van der Waals surface area contributed by atoms with E-state index >= 15 is 0 Å². The Bertz CT molecular complexity index is 1050. The summed E-state index contributed by atoms with van der Waals surface area (Å²) in [7, 11) is 0. The first-order valence-electron chi connectivity index (χ1n) is 10.6. The largest absolute Gasteiger partial charge is 0.774 e. The molecule has 4 aromatic rings. The van der Waals surface area contributed by atoms with Gasteiger partial charge in [-0.3, -0.25) is 0 Å². The Hall–Kier alpha value is -0.866. The van der Waals surface area contributed by atoms with Crippen molar-refractivity contribution in [1.82, 2.24) is 0 Å². The van der Waals surface area contributed by atoms with Gasteiger partial charge in [0.05, 0.1) is 0 Å². The van der Waals surface area contributed by atoms with Crippen LogP contribution < -0.4 is 0 Å². The van der Waals surface area contributed by atoms with Crippen molar-refractivity contribution in [1.29, 1.82) is 0 Å². The van der Waals surface area contributed by atoms with E-state index < -0.39 is 0 Å². The molecular weight excluding hydrogens is 652 g/mol. The molecule has 0 bridgehead atoms. The van der Waals surface area contributed by atoms with Crippen LogP contribution in [0.15, 0.2) is 158 Å². The Morgan fingerprint density at radius 2 is 0.486 bits per heavy atom. The Morgan fingerprint density at radius 3 is 0.649 bits per heavy atom. The van der Waals surface area contributed by atoms with Crippen LogP contribution >= 0.6 is 47.0 Å². The summed E-state index contributed by atoms with van der Waals surface area (Å²) in [5.41, 5.74) is 0. The van der Waals surface area contributed by atoms with Gasteiger partial charge in [0.1, 0.15) is 0 Å². The van der Waals surface area contributed by atoms with Crippen molar-refractivity contribution in [3.05, 3.63) is 138 Å². The second-order valence-corrected chi connectivity index (χ2v) is 13.8. The van der Waals surface area contributed by atoms with Crippen LogP contribution in [0, 0.1) is 0 Å². The van der Waals surface area contributed by atoms with E-state index in [1.54, 1.807) is 47.0 Å². The molecule has 0 nitrogen and oxygen atoms in total. The van der Waals surface area contributed by atoms with E-state index in [1.807, 2.05) is 121 Å². The Labute approximate surface area is 269 Å². The van der Waals surface area contributed by atoms with Crippen LogP contribution in [0.5, 0.6) is 0 Å². The summed E-state index contributed by atoms with van der Waals surface area (Å²) in [5, 5.41) is 0. The van der Waals surface area contributed by atoms with Crippen molar-refractivity contribution in [2.75, 3.05) is 0 Å². The minimum atomic E-state index is 0. The van der Waals surface area contributed by atoms with E-state index in [0.29, 0.717) is 0 Å². The molecule has 0 saturated heterocycles. The van der Waals surface area contributed by atoms with Crippen LogP contribution in [-0.4, -0.2) is 0 Å². The zero-order valence-corrected chi connectivity index (χ0v) is 26.6. The van der Waals surface area contributed by atoms with Crippen LogP contribution in [-0.2, 0) is 67.0 Å². The quantitative estimate of drug-likeness (QED) is 0.102. The molecular formula is C28H20NiS8-4. The van der Waals surface area contributed by atoms with E-state index in [2.05, 4.69) is 0 Å². The molecule has 4 rings (SSSR count). The van der Waals surface area contributed by atoms with E-state index in [4.69, 9.17) is 50.5 Å². The number of thioether (sulfide) groups is 4. The molecule has 0 heterocycles. The third-order valence-corrected chi connectivity index (χ3v) is 10.6. The van der Waals surface area contributed by atoms with Crippen molar-refractivity contribution >= 4 is 97.6 Å². The fraction of sp³-hybridized carbons (Fsp3) is 0. The van der Waals surface area contributed by atoms with Gasteiger partial charge in [0.2, 0.25) is 0 Å². The maximum absolute atomic E-state index is 5.36. The number of benzene rings is 4. The summed E-state index contributed by atoms with van der Waals surface area (Å²) >= 11 is 27.6. The summed E-state index contributed by atoms with van der Waals surface area (Å²) in [6.07, 6.45) is 0. The first-order chi connectivity index (χ1) is 17.5. The second kappa shape index (κ2) is 18.4. The Balaban J connectivity index is 0.000000253. The van der Waals surface area contributed by atoms with Crippen LogP contribution in [0.1, 0.15) is 0 Å². The van der Waals surface area contributed by atoms with Gasteiger partial charge in [-0.25, -0.2) is 0 Å². The third kappa shape index (κ3) is 12.7. The van der Waals surface area contributed by atoms with Gasteiger partial charge >= 0.3 is 0 Å². The van der Waals surface area contributed by atoms with Crippen LogP contribution in [0.25, 0.3) is 0 Å². The van der Waals surface area contributed by atoms with Gasteiger partial charge in [-0.15, -0.1) is 64.0 Å². The molecule has 4 aromatic carbocycles. The van der Waals surface area contributed by atoms with Gasteiger partial charge in [0, 0.05) is 36.1 Å². The van der Waals surface area contributed by atoms with Crippen LogP contribution in [0.2, 0.25) is 0 Å². The van der Waals surface area contributed by atoms with E-state index in [0.717, 1.165) is 36.5 Å². The maximum atomic E-state index is 5.36. The molecule has 0 N–H and O–H groups in total. The molecule has 0 saturated carbocycles. The van der Waals surface area contributed by atoms with E-state index in [1.165, 1.54) is 0 Å². The van der Waals surface area contributed by atoms with Crippen molar-refractivity contribution in [3.63, 3.8) is 0 Å². The van der Waals surface area contributed by atoms with Gasteiger partial charge in [-0.05, 0) is 48.5 Å². The van der Waals surface area contributed by atoms with Gasteiger partial charge in [0.15, 0.2) is 0 Å². The molecule has 0 aromatic heterocycles. The Morgan fingerprint density at radius 1 is 0.324 bits per heavy atom. The summed E-state index contributed by atoms with van der Waals surface area (Å²) < 4.78 is 3.02. The summed E-state index contributed by atoms with van der Waals surface area (Å²) in [6.45, 7) is 0. The number of hydrogen-bond donors (Lipinski definition) is 0. The average Bonchev–Trinajstić information content (AvgIpc) is 2.91. The van der Waals surface area contributed by atoms with Gasteiger partial charge < -0.3 is 50.5 Å². The zero-order valence-electron chi connectivity index (χ0n) is 19.1. The monoisotopic (exact) mass is 670 g/mol. The predicted octanol–water partition coefficient (Wildman–Crippen LogP) is 9.58. The smallest absolute Gasteiger partial charge is 0.0100 e. The summed E-state index contributed by atoms with van der Waals surface area (Å²) in [4.78, 5) is 4.49. The van der Waals surface area contributed by atoms with Crippen molar-refractivity contribution < 1.29 is 16.5 Å². The van der Waals surface area contributed by atoms with Gasteiger partial charge in [-0.1, -0.05) is 72.8 Å². The molecule has 0 spiro atoms. The second-order valence-electron chi connectivity index (χ2n) is 6.81. The van der Waals surface area contributed by atoms with Gasteiger partial charge in [-0.2, -0.15) is 0 Å². The number of rotatable bonds is 8.